The van der Waals surface area contributed by atoms with E-state index in [1.54, 1.807) is 11.3 Å². The molecule has 4 nitrogen and oxygen atoms in total. The summed E-state index contributed by atoms with van der Waals surface area (Å²) in [7, 11) is 0. The molecule has 0 unspecified atom stereocenters. The normalized spacial score (nSPS) is 30.7. The SMILES string of the molecule is Cc1nnc(SCC(=O)N2C[C@@]3(C)C[C@H]2CC(C)(C)C3)s1. The molecule has 2 fully saturated rings. The van der Waals surface area contributed by atoms with E-state index in [0.717, 1.165) is 22.3 Å². The molecule has 1 saturated carbocycles. The lowest BCUT2D eigenvalue weighted by Gasteiger charge is -2.39. The van der Waals surface area contributed by atoms with Crippen molar-refractivity contribution in [2.24, 2.45) is 10.8 Å². The molecule has 2 atom stereocenters. The molecule has 116 valence electrons. The summed E-state index contributed by atoms with van der Waals surface area (Å²) in [5, 5.41) is 9.03. The second-order valence-corrected chi connectivity index (χ2v) is 10.0. The summed E-state index contributed by atoms with van der Waals surface area (Å²) in [6.45, 7) is 9.88. The van der Waals surface area contributed by atoms with Crippen LogP contribution in [-0.2, 0) is 4.79 Å². The topological polar surface area (TPSA) is 46.1 Å². The van der Waals surface area contributed by atoms with Crippen LogP contribution in [0, 0.1) is 17.8 Å². The number of aryl methyl sites for hydroxylation is 1. The zero-order valence-electron chi connectivity index (χ0n) is 13.2. The van der Waals surface area contributed by atoms with E-state index in [0.29, 0.717) is 22.6 Å². The third kappa shape index (κ3) is 3.26. The highest BCUT2D eigenvalue weighted by Crippen LogP contribution is 2.52. The monoisotopic (exact) mass is 325 g/mol. The first-order valence-electron chi connectivity index (χ1n) is 7.49. The number of likely N-dealkylation sites (tertiary alicyclic amines) is 1. The molecular formula is C15H23N3OS2. The summed E-state index contributed by atoms with van der Waals surface area (Å²) >= 11 is 3.08. The Kier molecular flexibility index (Phi) is 3.81. The van der Waals surface area contributed by atoms with Crippen LogP contribution in [0.3, 0.4) is 0 Å². The smallest absolute Gasteiger partial charge is 0.233 e. The summed E-state index contributed by atoms with van der Waals surface area (Å²) in [5.41, 5.74) is 0.669. The van der Waals surface area contributed by atoms with E-state index in [2.05, 4.69) is 35.9 Å². The molecule has 2 bridgehead atoms. The van der Waals surface area contributed by atoms with Gasteiger partial charge in [0.2, 0.25) is 5.91 Å². The van der Waals surface area contributed by atoms with Gasteiger partial charge in [-0.05, 0) is 37.0 Å². The van der Waals surface area contributed by atoms with Gasteiger partial charge in [-0.15, -0.1) is 10.2 Å². The fourth-order valence-electron chi connectivity index (χ4n) is 4.29. The summed E-state index contributed by atoms with van der Waals surface area (Å²) in [4.78, 5) is 14.7. The molecule has 1 saturated heterocycles. The minimum atomic E-state index is 0.263. The third-order valence-electron chi connectivity index (χ3n) is 4.56. The number of aromatic nitrogens is 2. The largest absolute Gasteiger partial charge is 0.338 e. The van der Waals surface area contributed by atoms with Crippen LogP contribution in [0.15, 0.2) is 4.34 Å². The van der Waals surface area contributed by atoms with Crippen LogP contribution >= 0.6 is 23.1 Å². The molecule has 3 rings (SSSR count). The van der Waals surface area contributed by atoms with Gasteiger partial charge >= 0.3 is 0 Å². The molecule has 2 aliphatic rings. The second kappa shape index (κ2) is 5.23. The molecule has 0 radical (unpaired) electrons. The predicted octanol–water partition coefficient (Wildman–Crippen LogP) is 3.37. The van der Waals surface area contributed by atoms with E-state index in [1.807, 2.05) is 6.92 Å². The highest BCUT2D eigenvalue weighted by molar-refractivity contribution is 8.01. The highest BCUT2D eigenvalue weighted by Gasteiger charge is 2.50. The number of carbonyl (C=O) groups excluding carboxylic acids is 1. The summed E-state index contributed by atoms with van der Waals surface area (Å²) in [6, 6.07) is 0.433. The number of carbonyl (C=O) groups is 1. The van der Waals surface area contributed by atoms with Crippen molar-refractivity contribution in [2.45, 2.75) is 57.3 Å². The van der Waals surface area contributed by atoms with Crippen molar-refractivity contribution < 1.29 is 4.79 Å². The van der Waals surface area contributed by atoms with Crippen molar-refractivity contribution in [1.82, 2.24) is 15.1 Å². The van der Waals surface area contributed by atoms with Crippen molar-refractivity contribution in [3.05, 3.63) is 5.01 Å². The lowest BCUT2D eigenvalue weighted by molar-refractivity contribution is -0.129. The first-order chi connectivity index (χ1) is 9.76. The van der Waals surface area contributed by atoms with E-state index < -0.39 is 0 Å². The molecule has 1 amide bonds. The molecule has 1 aliphatic heterocycles. The van der Waals surface area contributed by atoms with Gasteiger partial charge in [0.1, 0.15) is 5.01 Å². The minimum Gasteiger partial charge on any atom is -0.338 e. The molecule has 21 heavy (non-hydrogen) atoms. The zero-order valence-corrected chi connectivity index (χ0v) is 14.8. The average Bonchev–Trinajstić information content (AvgIpc) is 2.86. The Morgan fingerprint density at radius 2 is 2.14 bits per heavy atom. The standard InChI is InChI=1S/C15H23N3OS2/c1-10-16-17-13(21-10)20-7-12(19)18-9-15(4)6-11(18)5-14(2,3)8-15/h11H,5-9H2,1-4H3/t11-,15+/m1/s1. The van der Waals surface area contributed by atoms with Gasteiger partial charge in [0, 0.05) is 12.6 Å². The summed E-state index contributed by atoms with van der Waals surface area (Å²) in [6.07, 6.45) is 3.53. The fourth-order valence-corrected chi connectivity index (χ4v) is 6.00. The Morgan fingerprint density at radius 1 is 1.38 bits per heavy atom. The molecule has 0 N–H and O–H groups in total. The zero-order chi connectivity index (χ0) is 15.3. The van der Waals surface area contributed by atoms with Crippen LogP contribution in [-0.4, -0.2) is 39.3 Å². The number of nitrogens with zero attached hydrogens (tertiary/aromatic N) is 3. The first-order valence-corrected chi connectivity index (χ1v) is 9.29. The van der Waals surface area contributed by atoms with Crippen LogP contribution in [0.4, 0.5) is 0 Å². The van der Waals surface area contributed by atoms with Gasteiger partial charge in [0.15, 0.2) is 4.34 Å². The molecule has 1 aromatic heterocycles. The number of rotatable bonds is 3. The van der Waals surface area contributed by atoms with Gasteiger partial charge in [0.25, 0.3) is 0 Å². The van der Waals surface area contributed by atoms with E-state index >= 15 is 0 Å². The Morgan fingerprint density at radius 3 is 2.81 bits per heavy atom. The van der Waals surface area contributed by atoms with Gasteiger partial charge in [-0.2, -0.15) is 0 Å². The third-order valence-corrected chi connectivity index (χ3v) is 6.52. The van der Waals surface area contributed by atoms with Crippen LogP contribution < -0.4 is 0 Å². The van der Waals surface area contributed by atoms with Crippen LogP contribution in [0.2, 0.25) is 0 Å². The molecular weight excluding hydrogens is 302 g/mol. The van der Waals surface area contributed by atoms with Crippen molar-refractivity contribution in [3.8, 4) is 0 Å². The molecule has 0 aromatic carbocycles. The predicted molar refractivity (Wildman–Crippen MR) is 86.6 cm³/mol. The second-order valence-electron chi connectivity index (χ2n) is 7.61. The maximum absolute atomic E-state index is 12.6. The maximum Gasteiger partial charge on any atom is 0.233 e. The molecule has 2 heterocycles. The molecule has 0 spiro atoms. The maximum atomic E-state index is 12.6. The van der Waals surface area contributed by atoms with Gasteiger partial charge < -0.3 is 4.90 Å². The van der Waals surface area contributed by atoms with Crippen LogP contribution in [0.1, 0.15) is 45.0 Å². The minimum absolute atomic E-state index is 0.263. The summed E-state index contributed by atoms with van der Waals surface area (Å²) < 4.78 is 0.898. The van der Waals surface area contributed by atoms with Gasteiger partial charge in [-0.25, -0.2) is 0 Å². The molecule has 1 aromatic rings. The Hall–Kier alpha value is -0.620. The molecule has 1 aliphatic carbocycles. The molecule has 6 heteroatoms. The van der Waals surface area contributed by atoms with Crippen LogP contribution in [0.25, 0.3) is 0 Å². The van der Waals surface area contributed by atoms with Crippen molar-refractivity contribution in [1.29, 1.82) is 0 Å². The lowest BCUT2D eigenvalue weighted by Crippen LogP contribution is -2.38. The van der Waals surface area contributed by atoms with Gasteiger partial charge in [-0.3, -0.25) is 4.79 Å². The summed E-state index contributed by atoms with van der Waals surface area (Å²) in [5.74, 6) is 0.751. The highest BCUT2D eigenvalue weighted by atomic mass is 32.2. The Bertz CT molecular complexity index is 557. The first kappa shape index (κ1) is 15.3. The van der Waals surface area contributed by atoms with Crippen molar-refractivity contribution >= 4 is 29.0 Å². The van der Waals surface area contributed by atoms with Crippen LogP contribution in [0.5, 0.6) is 0 Å². The number of hydrogen-bond donors (Lipinski definition) is 0. The lowest BCUT2D eigenvalue weighted by atomic mass is 9.65. The van der Waals surface area contributed by atoms with Gasteiger partial charge in [0.05, 0.1) is 5.75 Å². The van der Waals surface area contributed by atoms with Crippen molar-refractivity contribution in [3.63, 3.8) is 0 Å². The number of thioether (sulfide) groups is 1. The number of amides is 1. The van der Waals surface area contributed by atoms with E-state index in [1.165, 1.54) is 24.6 Å². The Balaban J connectivity index is 1.63. The van der Waals surface area contributed by atoms with Gasteiger partial charge in [-0.1, -0.05) is 43.9 Å². The average molecular weight is 326 g/mol. The number of fused-ring (bicyclic) bond motifs is 2. The Labute approximate surface area is 134 Å². The van der Waals surface area contributed by atoms with Crippen molar-refractivity contribution in [2.75, 3.05) is 12.3 Å². The number of hydrogen-bond acceptors (Lipinski definition) is 5. The fraction of sp³-hybridized carbons (Fsp3) is 0.800. The van der Waals surface area contributed by atoms with E-state index in [9.17, 15) is 4.79 Å². The van der Waals surface area contributed by atoms with E-state index in [4.69, 9.17) is 0 Å². The quantitative estimate of drug-likeness (QED) is 0.799. The van der Waals surface area contributed by atoms with E-state index in [-0.39, 0.29) is 5.91 Å².